The second kappa shape index (κ2) is 9.99. The Bertz CT molecular complexity index is 1410. The minimum absolute atomic E-state index is 0.473. The summed E-state index contributed by atoms with van der Waals surface area (Å²) in [6.45, 7) is 12.4. The molecule has 0 bridgehead atoms. The molecule has 0 saturated carbocycles. The number of carbonyl (C=O) groups is 1. The first-order valence-corrected chi connectivity index (χ1v) is 12.1. The van der Waals surface area contributed by atoms with Gasteiger partial charge in [-0.05, 0) is 64.8 Å². The van der Waals surface area contributed by atoms with Crippen LogP contribution in [0.2, 0.25) is 5.02 Å². The first kappa shape index (κ1) is 25.8. The Morgan fingerprint density at radius 3 is 2.31 bits per heavy atom. The van der Waals surface area contributed by atoms with Gasteiger partial charge in [0.05, 0.1) is 19.3 Å². The Morgan fingerprint density at radius 1 is 1.08 bits per heavy atom. The monoisotopic (exact) mass is 506 g/mol. The Kier molecular flexibility index (Phi) is 7.16. The molecule has 1 atom stereocenters. The summed E-state index contributed by atoms with van der Waals surface area (Å²) in [6, 6.07) is 7.62. The summed E-state index contributed by atoms with van der Waals surface area (Å²) in [7, 11) is 1.37. The summed E-state index contributed by atoms with van der Waals surface area (Å²) >= 11 is 6.23. The third-order valence-electron chi connectivity index (χ3n) is 6.22. The summed E-state index contributed by atoms with van der Waals surface area (Å²) in [5, 5.41) is 1.59. The lowest BCUT2D eigenvalue weighted by Gasteiger charge is -2.28. The molecule has 0 amide bonds. The van der Waals surface area contributed by atoms with Crippen molar-refractivity contribution < 1.29 is 14.3 Å². The molecule has 0 N–H and O–H groups in total. The summed E-state index contributed by atoms with van der Waals surface area (Å²) in [5.74, 6) is -0.473. The highest BCUT2D eigenvalue weighted by Crippen LogP contribution is 2.42. The van der Waals surface area contributed by atoms with Gasteiger partial charge in [0.2, 0.25) is 0 Å². The van der Waals surface area contributed by atoms with E-state index in [1.807, 2.05) is 52.0 Å². The first-order valence-electron chi connectivity index (χ1n) is 11.8. The molecule has 0 radical (unpaired) electrons. The molecule has 0 saturated heterocycles. The standard InChI is InChI=1S/C28H31ClN4O3/c1-16-18(3)33(14-19-12-30-15-31-13-19)26-22(16)24(20-8-10-21(29)11-9-20)23(17(2)32-26)25(27(34)35-7)36-28(4,5)6/h8-13,15,25H,14H2,1-7H3. The van der Waals surface area contributed by atoms with Crippen molar-refractivity contribution in [1.29, 1.82) is 0 Å². The largest absolute Gasteiger partial charge is 0.467 e. The minimum atomic E-state index is -0.955. The molecule has 1 aromatic carbocycles. The van der Waals surface area contributed by atoms with Crippen LogP contribution < -0.4 is 0 Å². The normalized spacial score (nSPS) is 12.7. The predicted octanol–water partition coefficient (Wildman–Crippen LogP) is 6.15. The van der Waals surface area contributed by atoms with Crippen LogP contribution in [0.5, 0.6) is 0 Å². The van der Waals surface area contributed by atoms with E-state index in [9.17, 15) is 4.79 Å². The Morgan fingerprint density at radius 2 is 1.72 bits per heavy atom. The van der Waals surface area contributed by atoms with Crippen LogP contribution in [-0.4, -0.2) is 38.2 Å². The maximum Gasteiger partial charge on any atom is 0.339 e. The van der Waals surface area contributed by atoms with Gasteiger partial charge in [-0.25, -0.2) is 19.7 Å². The number of halogens is 1. The van der Waals surface area contributed by atoms with Crippen LogP contribution in [0.4, 0.5) is 0 Å². The van der Waals surface area contributed by atoms with Gasteiger partial charge in [0.1, 0.15) is 12.0 Å². The number of pyridine rings is 1. The fourth-order valence-corrected chi connectivity index (χ4v) is 4.63. The smallest absolute Gasteiger partial charge is 0.339 e. The van der Waals surface area contributed by atoms with Crippen molar-refractivity contribution in [2.45, 2.75) is 59.8 Å². The van der Waals surface area contributed by atoms with E-state index in [0.717, 1.165) is 39.0 Å². The molecule has 0 aliphatic rings. The van der Waals surface area contributed by atoms with Crippen LogP contribution in [-0.2, 0) is 20.8 Å². The average Bonchev–Trinajstić information content (AvgIpc) is 3.06. The van der Waals surface area contributed by atoms with Crippen molar-refractivity contribution in [2.24, 2.45) is 0 Å². The van der Waals surface area contributed by atoms with Crippen LogP contribution >= 0.6 is 11.6 Å². The van der Waals surface area contributed by atoms with Crippen molar-refractivity contribution in [2.75, 3.05) is 7.11 Å². The zero-order valence-corrected chi connectivity index (χ0v) is 22.5. The number of hydrogen-bond acceptors (Lipinski definition) is 6. The van der Waals surface area contributed by atoms with Gasteiger partial charge in [-0.3, -0.25) is 0 Å². The van der Waals surface area contributed by atoms with Crippen LogP contribution in [0.1, 0.15) is 55.0 Å². The number of aromatic nitrogens is 4. The molecule has 4 aromatic rings. The molecule has 3 heterocycles. The fourth-order valence-electron chi connectivity index (χ4n) is 4.51. The number of hydrogen-bond donors (Lipinski definition) is 0. The highest BCUT2D eigenvalue weighted by atomic mass is 35.5. The number of ether oxygens (including phenoxy) is 2. The summed E-state index contributed by atoms with van der Waals surface area (Å²) < 4.78 is 13.7. The average molecular weight is 507 g/mol. The molecular weight excluding hydrogens is 476 g/mol. The van der Waals surface area contributed by atoms with Crippen LogP contribution in [0.25, 0.3) is 22.2 Å². The number of esters is 1. The van der Waals surface area contributed by atoms with E-state index in [2.05, 4.69) is 28.4 Å². The Balaban J connectivity index is 2.08. The second-order valence-corrected chi connectivity index (χ2v) is 10.3. The van der Waals surface area contributed by atoms with Crippen molar-refractivity contribution in [1.82, 2.24) is 19.5 Å². The van der Waals surface area contributed by atoms with E-state index >= 15 is 0 Å². The number of rotatable bonds is 6. The van der Waals surface area contributed by atoms with Gasteiger partial charge in [0, 0.05) is 50.9 Å². The maximum absolute atomic E-state index is 13.1. The highest BCUT2D eigenvalue weighted by molar-refractivity contribution is 6.30. The Hall–Kier alpha value is -3.29. The van der Waals surface area contributed by atoms with Crippen molar-refractivity contribution in [3.8, 4) is 11.1 Å². The van der Waals surface area contributed by atoms with Crippen molar-refractivity contribution in [3.63, 3.8) is 0 Å². The molecule has 0 fully saturated rings. The highest BCUT2D eigenvalue weighted by Gasteiger charge is 2.34. The van der Waals surface area contributed by atoms with Crippen molar-refractivity contribution >= 4 is 28.6 Å². The van der Waals surface area contributed by atoms with E-state index in [1.54, 1.807) is 12.4 Å². The number of nitrogens with zero attached hydrogens (tertiary/aromatic N) is 4. The van der Waals surface area contributed by atoms with Gasteiger partial charge in [0.25, 0.3) is 0 Å². The molecule has 4 rings (SSSR count). The number of carbonyl (C=O) groups excluding carboxylic acids is 1. The molecule has 0 aliphatic carbocycles. The Labute approximate surface area is 216 Å². The van der Waals surface area contributed by atoms with Gasteiger partial charge in [-0.2, -0.15) is 0 Å². The number of methoxy groups -OCH3 is 1. The fraction of sp³-hybridized carbons (Fsp3) is 0.357. The van der Waals surface area contributed by atoms with Gasteiger partial charge < -0.3 is 14.0 Å². The maximum atomic E-state index is 13.1. The SMILES string of the molecule is COC(=O)C(OC(C)(C)C)c1c(C)nc2c(c(C)c(C)n2Cc2cncnc2)c1-c1ccc(Cl)cc1. The first-order chi connectivity index (χ1) is 17.0. The molecule has 3 aromatic heterocycles. The quantitative estimate of drug-likeness (QED) is 0.292. The van der Waals surface area contributed by atoms with Gasteiger partial charge in [-0.15, -0.1) is 0 Å². The van der Waals surface area contributed by atoms with E-state index in [1.165, 1.54) is 13.4 Å². The van der Waals surface area contributed by atoms with E-state index in [0.29, 0.717) is 22.8 Å². The lowest BCUT2D eigenvalue weighted by Crippen LogP contribution is -2.29. The molecule has 8 heteroatoms. The van der Waals surface area contributed by atoms with Crippen molar-refractivity contribution in [3.05, 3.63) is 76.1 Å². The third kappa shape index (κ3) is 4.99. The third-order valence-corrected chi connectivity index (χ3v) is 6.47. The zero-order valence-electron chi connectivity index (χ0n) is 21.7. The van der Waals surface area contributed by atoms with E-state index in [-0.39, 0.29) is 0 Å². The second-order valence-electron chi connectivity index (χ2n) is 9.87. The zero-order chi connectivity index (χ0) is 26.2. The summed E-state index contributed by atoms with van der Waals surface area (Å²) in [5.41, 5.74) is 6.51. The van der Waals surface area contributed by atoms with E-state index < -0.39 is 17.7 Å². The molecule has 0 aliphatic heterocycles. The number of benzene rings is 1. The predicted molar refractivity (Wildman–Crippen MR) is 141 cm³/mol. The molecule has 188 valence electrons. The summed E-state index contributed by atoms with van der Waals surface area (Å²) in [6.07, 6.45) is 4.17. The molecule has 0 spiro atoms. The minimum Gasteiger partial charge on any atom is -0.467 e. The summed E-state index contributed by atoms with van der Waals surface area (Å²) in [4.78, 5) is 26.5. The molecule has 36 heavy (non-hydrogen) atoms. The topological polar surface area (TPSA) is 79.1 Å². The van der Waals surface area contributed by atoms with Crippen LogP contribution in [0.3, 0.4) is 0 Å². The number of fused-ring (bicyclic) bond motifs is 1. The molecule has 1 unspecified atom stereocenters. The van der Waals surface area contributed by atoms with Gasteiger partial charge in [-0.1, -0.05) is 23.7 Å². The lowest BCUT2D eigenvalue weighted by atomic mass is 9.91. The lowest BCUT2D eigenvalue weighted by molar-refractivity contribution is -0.164. The van der Waals surface area contributed by atoms with Gasteiger partial charge in [0.15, 0.2) is 6.10 Å². The molecule has 7 nitrogen and oxygen atoms in total. The van der Waals surface area contributed by atoms with Crippen LogP contribution in [0.15, 0.2) is 43.0 Å². The van der Waals surface area contributed by atoms with E-state index in [4.69, 9.17) is 26.1 Å². The molecular formula is C28H31ClN4O3. The number of aryl methyl sites for hydroxylation is 2. The van der Waals surface area contributed by atoms with Crippen LogP contribution in [0, 0.1) is 20.8 Å². The van der Waals surface area contributed by atoms with Gasteiger partial charge >= 0.3 is 5.97 Å².